The predicted molar refractivity (Wildman–Crippen MR) is 76.1 cm³/mol. The van der Waals surface area contributed by atoms with Gasteiger partial charge in [0, 0.05) is 16.8 Å². The van der Waals surface area contributed by atoms with E-state index in [0.717, 1.165) is 0 Å². The zero-order valence-corrected chi connectivity index (χ0v) is 12.6. The van der Waals surface area contributed by atoms with Crippen LogP contribution in [0.3, 0.4) is 0 Å². The molecule has 1 aromatic heterocycles. The molecule has 2 amide bonds. The van der Waals surface area contributed by atoms with Gasteiger partial charge in [0.05, 0.1) is 0 Å². The van der Waals surface area contributed by atoms with Crippen molar-refractivity contribution < 1.29 is 9.59 Å². The SMILES string of the molecule is CC1NC(=O)C(C)N(CC(C)(C)c2cccs2)C1=O. The van der Waals surface area contributed by atoms with Crippen molar-refractivity contribution >= 4 is 23.2 Å². The van der Waals surface area contributed by atoms with Crippen molar-refractivity contribution in [3.05, 3.63) is 22.4 Å². The van der Waals surface area contributed by atoms with Crippen LogP contribution in [-0.2, 0) is 15.0 Å². The van der Waals surface area contributed by atoms with Crippen molar-refractivity contribution in [2.45, 2.75) is 45.2 Å². The Morgan fingerprint density at radius 3 is 2.63 bits per heavy atom. The molecule has 19 heavy (non-hydrogen) atoms. The van der Waals surface area contributed by atoms with Crippen molar-refractivity contribution in [1.82, 2.24) is 10.2 Å². The molecule has 104 valence electrons. The molecule has 0 aliphatic carbocycles. The highest BCUT2D eigenvalue weighted by molar-refractivity contribution is 7.10. The van der Waals surface area contributed by atoms with Crippen LogP contribution >= 0.6 is 11.3 Å². The molecular formula is C14H20N2O2S. The standard InChI is InChI=1S/C14H20N2O2S/c1-9-13(18)16(10(2)12(17)15-9)8-14(3,4)11-6-5-7-19-11/h5-7,9-10H,8H2,1-4H3,(H,15,17). The molecule has 4 nitrogen and oxygen atoms in total. The van der Waals surface area contributed by atoms with Gasteiger partial charge < -0.3 is 10.2 Å². The fourth-order valence-electron chi connectivity index (χ4n) is 2.36. The Kier molecular flexibility index (Phi) is 3.67. The highest BCUT2D eigenvalue weighted by Crippen LogP contribution is 2.29. The summed E-state index contributed by atoms with van der Waals surface area (Å²) in [5, 5.41) is 4.74. The third kappa shape index (κ3) is 2.66. The minimum absolute atomic E-state index is 0.00303. The number of rotatable bonds is 3. The van der Waals surface area contributed by atoms with Crippen LogP contribution in [0, 0.1) is 0 Å². The number of thiophene rings is 1. The Morgan fingerprint density at radius 2 is 2.05 bits per heavy atom. The number of carbonyl (C=O) groups excluding carboxylic acids is 2. The minimum atomic E-state index is -0.428. The maximum Gasteiger partial charge on any atom is 0.245 e. The van der Waals surface area contributed by atoms with Gasteiger partial charge in [-0.2, -0.15) is 0 Å². The van der Waals surface area contributed by atoms with Gasteiger partial charge in [-0.15, -0.1) is 11.3 Å². The largest absolute Gasteiger partial charge is 0.343 e. The fraction of sp³-hybridized carbons (Fsp3) is 0.571. The first-order valence-corrected chi connectivity index (χ1v) is 7.36. The molecule has 2 rings (SSSR count). The molecule has 2 atom stereocenters. The van der Waals surface area contributed by atoms with Gasteiger partial charge in [-0.25, -0.2) is 0 Å². The van der Waals surface area contributed by atoms with Crippen LogP contribution in [-0.4, -0.2) is 35.3 Å². The summed E-state index contributed by atoms with van der Waals surface area (Å²) >= 11 is 1.68. The first-order valence-electron chi connectivity index (χ1n) is 6.48. The summed E-state index contributed by atoms with van der Waals surface area (Å²) in [4.78, 5) is 27.0. The van der Waals surface area contributed by atoms with Crippen molar-refractivity contribution in [2.24, 2.45) is 0 Å². The lowest BCUT2D eigenvalue weighted by Gasteiger charge is -2.40. The summed E-state index contributed by atoms with van der Waals surface area (Å²) in [6.45, 7) is 8.29. The Morgan fingerprint density at radius 1 is 1.37 bits per heavy atom. The van der Waals surface area contributed by atoms with Gasteiger partial charge in [-0.1, -0.05) is 19.9 Å². The molecule has 0 aromatic carbocycles. The van der Waals surface area contributed by atoms with E-state index in [-0.39, 0.29) is 17.2 Å². The van der Waals surface area contributed by atoms with Gasteiger partial charge in [0.25, 0.3) is 0 Å². The lowest BCUT2D eigenvalue weighted by Crippen LogP contribution is -2.63. The summed E-state index contributed by atoms with van der Waals surface area (Å²) in [5.74, 6) is -0.0780. The van der Waals surface area contributed by atoms with Gasteiger partial charge in [-0.3, -0.25) is 9.59 Å². The van der Waals surface area contributed by atoms with Crippen molar-refractivity contribution in [1.29, 1.82) is 0 Å². The Balaban J connectivity index is 2.21. The van der Waals surface area contributed by atoms with Crippen LogP contribution in [0.1, 0.15) is 32.6 Å². The van der Waals surface area contributed by atoms with Gasteiger partial charge in [0.1, 0.15) is 12.1 Å². The second-order valence-electron chi connectivity index (χ2n) is 5.73. The van der Waals surface area contributed by atoms with Crippen molar-refractivity contribution in [2.75, 3.05) is 6.54 Å². The van der Waals surface area contributed by atoms with Crippen molar-refractivity contribution in [3.63, 3.8) is 0 Å². The maximum absolute atomic E-state index is 12.2. The molecule has 0 saturated carbocycles. The molecule has 2 heterocycles. The molecule has 1 aromatic rings. The number of nitrogens with zero attached hydrogens (tertiary/aromatic N) is 1. The van der Waals surface area contributed by atoms with E-state index in [1.54, 1.807) is 30.1 Å². The Labute approximate surface area is 117 Å². The van der Waals surface area contributed by atoms with Gasteiger partial charge in [0.2, 0.25) is 11.8 Å². The second-order valence-corrected chi connectivity index (χ2v) is 6.68. The molecule has 1 aliphatic rings. The van der Waals surface area contributed by atoms with E-state index in [1.807, 2.05) is 11.4 Å². The fourth-order valence-corrected chi connectivity index (χ4v) is 3.20. The summed E-state index contributed by atoms with van der Waals surface area (Å²) in [5.41, 5.74) is -0.143. The highest BCUT2D eigenvalue weighted by Gasteiger charge is 2.39. The summed E-state index contributed by atoms with van der Waals surface area (Å²) in [6, 6.07) is 3.26. The smallest absolute Gasteiger partial charge is 0.245 e. The van der Waals surface area contributed by atoms with Crippen LogP contribution in [0.2, 0.25) is 0 Å². The van der Waals surface area contributed by atoms with Gasteiger partial charge in [0.15, 0.2) is 0 Å². The summed E-state index contributed by atoms with van der Waals surface area (Å²) < 4.78 is 0. The van der Waals surface area contributed by atoms with E-state index in [1.165, 1.54) is 4.88 Å². The second kappa shape index (κ2) is 4.96. The van der Waals surface area contributed by atoms with Crippen LogP contribution < -0.4 is 5.32 Å². The zero-order valence-electron chi connectivity index (χ0n) is 11.8. The lowest BCUT2D eigenvalue weighted by atomic mass is 9.89. The normalized spacial score (nSPS) is 24.5. The first-order chi connectivity index (χ1) is 8.83. The number of piperazine rings is 1. The Hall–Kier alpha value is -1.36. The number of carbonyl (C=O) groups is 2. The van der Waals surface area contributed by atoms with Crippen LogP contribution in [0.15, 0.2) is 17.5 Å². The van der Waals surface area contributed by atoms with E-state index in [9.17, 15) is 9.59 Å². The first kappa shape index (κ1) is 14.1. The molecule has 1 N–H and O–H groups in total. The van der Waals surface area contributed by atoms with E-state index in [0.29, 0.717) is 6.54 Å². The summed E-state index contributed by atoms with van der Waals surface area (Å²) in [6.07, 6.45) is 0. The van der Waals surface area contributed by atoms with Gasteiger partial charge >= 0.3 is 0 Å². The Bertz CT molecular complexity index is 482. The molecule has 1 saturated heterocycles. The number of amides is 2. The molecule has 5 heteroatoms. The summed E-state index contributed by atoms with van der Waals surface area (Å²) in [7, 11) is 0. The van der Waals surface area contributed by atoms with Crippen molar-refractivity contribution in [3.8, 4) is 0 Å². The lowest BCUT2D eigenvalue weighted by molar-refractivity contribution is -0.148. The van der Waals surface area contributed by atoms with E-state index in [4.69, 9.17) is 0 Å². The monoisotopic (exact) mass is 280 g/mol. The average Bonchev–Trinajstić information content (AvgIpc) is 2.87. The number of hydrogen-bond acceptors (Lipinski definition) is 3. The number of nitrogens with one attached hydrogen (secondary N) is 1. The third-order valence-corrected chi connectivity index (χ3v) is 4.85. The van der Waals surface area contributed by atoms with E-state index in [2.05, 4.69) is 25.2 Å². The molecule has 0 spiro atoms. The van der Waals surface area contributed by atoms with Gasteiger partial charge in [-0.05, 0) is 25.3 Å². The van der Waals surface area contributed by atoms with E-state index >= 15 is 0 Å². The minimum Gasteiger partial charge on any atom is -0.343 e. The third-order valence-electron chi connectivity index (χ3n) is 3.61. The quantitative estimate of drug-likeness (QED) is 0.917. The molecule has 0 bridgehead atoms. The molecule has 1 fully saturated rings. The zero-order chi connectivity index (χ0) is 14.2. The van der Waals surface area contributed by atoms with E-state index < -0.39 is 12.1 Å². The highest BCUT2D eigenvalue weighted by atomic mass is 32.1. The van der Waals surface area contributed by atoms with Crippen LogP contribution in [0.5, 0.6) is 0 Å². The van der Waals surface area contributed by atoms with Crippen LogP contribution in [0.25, 0.3) is 0 Å². The predicted octanol–water partition coefficient (Wildman–Crippen LogP) is 1.76. The topological polar surface area (TPSA) is 49.4 Å². The molecular weight excluding hydrogens is 260 g/mol. The molecule has 2 unspecified atom stereocenters. The van der Waals surface area contributed by atoms with Crippen LogP contribution in [0.4, 0.5) is 0 Å². The molecule has 1 aliphatic heterocycles. The molecule has 0 radical (unpaired) electrons. The average molecular weight is 280 g/mol. The number of hydrogen-bond donors (Lipinski definition) is 1. The maximum atomic E-state index is 12.2.